The Bertz CT molecular complexity index is 624. The van der Waals surface area contributed by atoms with Gasteiger partial charge in [0.2, 0.25) is 0 Å². The van der Waals surface area contributed by atoms with Crippen LogP contribution in [0.25, 0.3) is 0 Å². The number of urea groups is 1. The van der Waals surface area contributed by atoms with Gasteiger partial charge in [-0.1, -0.05) is 0 Å². The molecule has 0 saturated heterocycles. The molecular weight excluding hydrogens is 268 g/mol. The van der Waals surface area contributed by atoms with E-state index in [9.17, 15) is 4.79 Å². The number of rotatable bonds is 3. The predicted octanol–water partition coefficient (Wildman–Crippen LogP) is 1.31. The fourth-order valence-electron chi connectivity index (χ4n) is 2.62. The van der Waals surface area contributed by atoms with Gasteiger partial charge in [0, 0.05) is 50.7 Å². The molecule has 2 N–H and O–H groups in total. The summed E-state index contributed by atoms with van der Waals surface area (Å²) in [7, 11) is 1.85. The van der Waals surface area contributed by atoms with Gasteiger partial charge in [-0.3, -0.25) is 10.00 Å². The second-order valence-electron chi connectivity index (χ2n) is 5.53. The number of anilines is 1. The molecule has 112 valence electrons. The Morgan fingerprint density at radius 2 is 2.38 bits per heavy atom. The summed E-state index contributed by atoms with van der Waals surface area (Å²) in [6.45, 7) is 3.52. The number of nitrogens with one attached hydrogen (secondary N) is 2. The van der Waals surface area contributed by atoms with Crippen molar-refractivity contribution in [3.8, 4) is 0 Å². The summed E-state index contributed by atoms with van der Waals surface area (Å²) in [5.74, 6) is 2.16. The lowest BCUT2D eigenvalue weighted by Crippen LogP contribution is -2.36. The molecule has 1 aliphatic heterocycles. The largest absolute Gasteiger partial charge is 0.337 e. The number of carbonyl (C=O) groups is 1. The first-order valence-electron chi connectivity index (χ1n) is 7.17. The van der Waals surface area contributed by atoms with Gasteiger partial charge < -0.3 is 9.88 Å². The van der Waals surface area contributed by atoms with Gasteiger partial charge in [0.1, 0.15) is 5.82 Å². The Hall–Kier alpha value is -2.31. The smallest absolute Gasteiger partial charge is 0.320 e. The average Bonchev–Trinajstić information content (AvgIpc) is 3.03. The Morgan fingerprint density at radius 3 is 3.14 bits per heavy atom. The summed E-state index contributed by atoms with van der Waals surface area (Å²) in [5, 5.41) is 9.88. The molecule has 3 heterocycles. The minimum atomic E-state index is -0.204. The molecule has 3 rings (SSSR count). The Kier molecular flexibility index (Phi) is 3.64. The topological polar surface area (TPSA) is 76.8 Å². The molecule has 0 saturated carbocycles. The number of nitrogens with zero attached hydrogens (tertiary/aromatic N) is 4. The number of aryl methyl sites for hydroxylation is 3. The average molecular weight is 288 g/mol. The molecule has 7 nitrogen and oxygen atoms in total. The molecule has 0 unspecified atom stereocenters. The summed E-state index contributed by atoms with van der Waals surface area (Å²) >= 11 is 0. The zero-order valence-electron chi connectivity index (χ0n) is 12.3. The maximum absolute atomic E-state index is 11.9. The van der Waals surface area contributed by atoms with Crippen molar-refractivity contribution in [2.24, 2.45) is 13.0 Å². The van der Waals surface area contributed by atoms with Gasteiger partial charge in [0.25, 0.3) is 0 Å². The minimum Gasteiger partial charge on any atom is -0.337 e. The third-order valence-electron chi connectivity index (χ3n) is 3.94. The van der Waals surface area contributed by atoms with Crippen molar-refractivity contribution in [1.82, 2.24) is 24.6 Å². The Morgan fingerprint density at radius 1 is 1.52 bits per heavy atom. The van der Waals surface area contributed by atoms with Crippen molar-refractivity contribution in [2.75, 3.05) is 11.9 Å². The van der Waals surface area contributed by atoms with Gasteiger partial charge in [-0.2, -0.15) is 5.10 Å². The van der Waals surface area contributed by atoms with E-state index >= 15 is 0 Å². The highest BCUT2D eigenvalue weighted by Gasteiger charge is 2.19. The van der Waals surface area contributed by atoms with Crippen molar-refractivity contribution in [3.05, 3.63) is 30.0 Å². The monoisotopic (exact) mass is 288 g/mol. The van der Waals surface area contributed by atoms with Gasteiger partial charge in [-0.15, -0.1) is 0 Å². The summed E-state index contributed by atoms with van der Waals surface area (Å²) in [4.78, 5) is 16.2. The molecule has 1 aliphatic rings. The molecule has 1 atom stereocenters. The molecule has 0 fully saturated rings. The molecule has 2 amide bonds. The second-order valence-corrected chi connectivity index (χ2v) is 5.53. The number of hydrogen-bond acceptors (Lipinski definition) is 3. The number of carbonyl (C=O) groups excluding carboxylic acids is 1. The first kappa shape index (κ1) is 13.7. The maximum atomic E-state index is 11.9. The molecule has 21 heavy (non-hydrogen) atoms. The van der Waals surface area contributed by atoms with Crippen molar-refractivity contribution < 1.29 is 4.79 Å². The SMILES string of the molecule is Cc1cc(NC(=O)NC[C@H]2CCc3nccn3C2)nn1C. The van der Waals surface area contributed by atoms with E-state index in [1.54, 1.807) is 4.68 Å². The number of imidazole rings is 1. The van der Waals surface area contributed by atoms with E-state index in [4.69, 9.17) is 0 Å². The van der Waals surface area contributed by atoms with Crippen LogP contribution >= 0.6 is 0 Å². The first-order chi connectivity index (χ1) is 10.1. The predicted molar refractivity (Wildman–Crippen MR) is 79.0 cm³/mol. The van der Waals surface area contributed by atoms with Crippen LogP contribution in [0.5, 0.6) is 0 Å². The third kappa shape index (κ3) is 3.07. The van der Waals surface area contributed by atoms with Crippen LogP contribution in [0.4, 0.5) is 10.6 Å². The summed E-state index contributed by atoms with van der Waals surface area (Å²) in [5.41, 5.74) is 1.00. The fourth-order valence-corrected chi connectivity index (χ4v) is 2.62. The zero-order chi connectivity index (χ0) is 14.8. The standard InChI is InChI=1S/C14H20N6O/c1-10-7-12(18-19(10)2)17-14(21)16-8-11-3-4-13-15-5-6-20(13)9-11/h5-7,11H,3-4,8-9H2,1-2H3,(H2,16,17,18,21)/t11-/m1/s1. The number of hydrogen-bond donors (Lipinski definition) is 2. The van der Waals surface area contributed by atoms with Crippen LogP contribution in [0, 0.1) is 12.8 Å². The summed E-state index contributed by atoms with van der Waals surface area (Å²) in [6, 6.07) is 1.64. The molecule has 2 aromatic heterocycles. The van der Waals surface area contributed by atoms with Crippen LogP contribution in [0.1, 0.15) is 17.9 Å². The van der Waals surface area contributed by atoms with E-state index in [0.717, 1.165) is 30.9 Å². The molecule has 0 aliphatic carbocycles. The molecule has 0 aromatic carbocycles. The maximum Gasteiger partial charge on any atom is 0.320 e. The lowest BCUT2D eigenvalue weighted by atomic mass is 9.99. The zero-order valence-corrected chi connectivity index (χ0v) is 12.3. The third-order valence-corrected chi connectivity index (χ3v) is 3.94. The molecule has 0 spiro atoms. The number of fused-ring (bicyclic) bond motifs is 1. The van der Waals surface area contributed by atoms with Crippen LogP contribution in [-0.2, 0) is 20.0 Å². The quantitative estimate of drug-likeness (QED) is 0.894. The fraction of sp³-hybridized carbons (Fsp3) is 0.500. The minimum absolute atomic E-state index is 0.204. The molecule has 0 radical (unpaired) electrons. The number of amides is 2. The van der Waals surface area contributed by atoms with Crippen LogP contribution in [-0.4, -0.2) is 31.9 Å². The van der Waals surface area contributed by atoms with Gasteiger partial charge in [-0.25, -0.2) is 9.78 Å². The van der Waals surface area contributed by atoms with Crippen molar-refractivity contribution in [1.29, 1.82) is 0 Å². The second kappa shape index (κ2) is 5.59. The Balaban J connectivity index is 1.48. The number of aromatic nitrogens is 4. The summed E-state index contributed by atoms with van der Waals surface area (Å²) < 4.78 is 3.90. The lowest BCUT2D eigenvalue weighted by Gasteiger charge is -2.23. The molecule has 7 heteroatoms. The van der Waals surface area contributed by atoms with Crippen molar-refractivity contribution in [3.63, 3.8) is 0 Å². The van der Waals surface area contributed by atoms with E-state index in [1.807, 2.05) is 32.4 Å². The van der Waals surface area contributed by atoms with E-state index in [2.05, 4.69) is 25.3 Å². The Labute approximate surface area is 123 Å². The van der Waals surface area contributed by atoms with Crippen LogP contribution < -0.4 is 10.6 Å². The van der Waals surface area contributed by atoms with E-state index in [1.165, 1.54) is 0 Å². The van der Waals surface area contributed by atoms with E-state index < -0.39 is 0 Å². The highest BCUT2D eigenvalue weighted by Crippen LogP contribution is 2.17. The molecular formula is C14H20N6O. The van der Waals surface area contributed by atoms with Gasteiger partial charge in [-0.05, 0) is 19.3 Å². The van der Waals surface area contributed by atoms with Crippen LogP contribution in [0.3, 0.4) is 0 Å². The highest BCUT2D eigenvalue weighted by atomic mass is 16.2. The van der Waals surface area contributed by atoms with Crippen LogP contribution in [0.15, 0.2) is 18.5 Å². The highest BCUT2D eigenvalue weighted by molar-refractivity contribution is 5.88. The normalized spacial score (nSPS) is 17.3. The van der Waals surface area contributed by atoms with Crippen molar-refractivity contribution in [2.45, 2.75) is 26.3 Å². The van der Waals surface area contributed by atoms with E-state index in [-0.39, 0.29) is 6.03 Å². The first-order valence-corrected chi connectivity index (χ1v) is 7.17. The van der Waals surface area contributed by atoms with Crippen molar-refractivity contribution >= 4 is 11.8 Å². The van der Waals surface area contributed by atoms with Gasteiger partial charge >= 0.3 is 6.03 Å². The van der Waals surface area contributed by atoms with Crippen LogP contribution in [0.2, 0.25) is 0 Å². The summed E-state index contributed by atoms with van der Waals surface area (Å²) in [6.07, 6.45) is 5.86. The molecule has 0 bridgehead atoms. The lowest BCUT2D eigenvalue weighted by molar-refractivity contribution is 0.247. The van der Waals surface area contributed by atoms with Gasteiger partial charge in [0.15, 0.2) is 5.82 Å². The van der Waals surface area contributed by atoms with E-state index in [0.29, 0.717) is 18.3 Å². The molecule has 2 aromatic rings. The van der Waals surface area contributed by atoms with Gasteiger partial charge in [0.05, 0.1) is 0 Å².